The number of rotatable bonds is 5. The molecule has 0 bridgehead atoms. The molecule has 4 nitrogen and oxygen atoms in total. The molecule has 0 atom stereocenters. The van der Waals surface area contributed by atoms with Crippen LogP contribution in [0.3, 0.4) is 0 Å². The molecule has 1 saturated carbocycles. The molecule has 1 aromatic rings. The lowest BCUT2D eigenvalue weighted by molar-refractivity contribution is -0.133. The van der Waals surface area contributed by atoms with E-state index in [9.17, 15) is 4.79 Å². The highest BCUT2D eigenvalue weighted by atomic mass is 32.2. The number of aromatic nitrogens is 2. The van der Waals surface area contributed by atoms with Crippen LogP contribution in [-0.2, 0) is 10.3 Å². The molecular weight excluding hydrogens is 224 g/mol. The van der Waals surface area contributed by atoms with Crippen molar-refractivity contribution in [3.63, 3.8) is 0 Å². The van der Waals surface area contributed by atoms with E-state index >= 15 is 0 Å². The Bertz CT molecular complexity index is 396. The summed E-state index contributed by atoms with van der Waals surface area (Å²) in [6.07, 6.45) is 6.21. The molecule has 1 aliphatic rings. The van der Waals surface area contributed by atoms with E-state index in [2.05, 4.69) is 23.4 Å². The summed E-state index contributed by atoms with van der Waals surface area (Å²) in [5.41, 5.74) is 0.0529. The monoisotopic (exact) mass is 240 g/mol. The molecule has 0 spiro atoms. The van der Waals surface area contributed by atoms with Crippen molar-refractivity contribution in [2.24, 2.45) is 5.92 Å². The van der Waals surface area contributed by atoms with Crippen LogP contribution in [0.25, 0.3) is 0 Å². The third kappa shape index (κ3) is 2.24. The number of thioether (sulfide) groups is 1. The topological polar surface area (TPSA) is 55.1 Å². The molecule has 1 aromatic heterocycles. The van der Waals surface area contributed by atoms with E-state index in [4.69, 9.17) is 5.11 Å². The second-order valence-electron chi connectivity index (χ2n) is 4.69. The van der Waals surface area contributed by atoms with Crippen LogP contribution in [-0.4, -0.2) is 26.4 Å². The van der Waals surface area contributed by atoms with Gasteiger partial charge < -0.3 is 9.67 Å². The summed E-state index contributed by atoms with van der Waals surface area (Å²) in [6, 6.07) is 0. The van der Waals surface area contributed by atoms with Crippen molar-refractivity contribution in [2.45, 2.75) is 37.4 Å². The number of carbonyl (C=O) groups is 1. The Morgan fingerprint density at radius 2 is 2.38 bits per heavy atom. The average molecular weight is 240 g/mol. The van der Waals surface area contributed by atoms with Gasteiger partial charge in [0.1, 0.15) is 0 Å². The molecule has 1 heterocycles. The fourth-order valence-electron chi connectivity index (χ4n) is 1.95. The minimum atomic E-state index is -0.802. The van der Waals surface area contributed by atoms with Crippen molar-refractivity contribution >= 4 is 17.7 Å². The molecule has 0 saturated heterocycles. The highest BCUT2D eigenvalue weighted by molar-refractivity contribution is 7.99. The second kappa shape index (κ2) is 4.13. The maximum Gasteiger partial charge on any atom is 0.313 e. The normalized spacial score (nSPS) is 16.4. The van der Waals surface area contributed by atoms with E-state index in [1.54, 1.807) is 6.20 Å². The van der Waals surface area contributed by atoms with Gasteiger partial charge in [0.25, 0.3) is 0 Å². The molecular formula is C11H16N2O2S. The van der Waals surface area contributed by atoms with Crippen LogP contribution in [0.1, 0.15) is 26.7 Å². The molecule has 5 heteroatoms. The maximum absolute atomic E-state index is 10.5. The minimum Gasteiger partial charge on any atom is -0.481 e. The molecule has 88 valence electrons. The Balaban J connectivity index is 2.14. The van der Waals surface area contributed by atoms with Gasteiger partial charge in [0.15, 0.2) is 5.16 Å². The van der Waals surface area contributed by atoms with Crippen molar-refractivity contribution in [3.05, 3.63) is 12.4 Å². The SMILES string of the molecule is CC(C)(C1CC1)n1ccnc1SCC(=O)O. The zero-order chi connectivity index (χ0) is 11.8. The van der Waals surface area contributed by atoms with Crippen LogP contribution in [0, 0.1) is 5.92 Å². The lowest BCUT2D eigenvalue weighted by atomic mass is 9.99. The van der Waals surface area contributed by atoms with E-state index < -0.39 is 5.97 Å². The zero-order valence-electron chi connectivity index (χ0n) is 9.51. The predicted molar refractivity (Wildman–Crippen MR) is 62.6 cm³/mol. The summed E-state index contributed by atoms with van der Waals surface area (Å²) >= 11 is 1.29. The molecule has 0 radical (unpaired) electrons. The summed E-state index contributed by atoms with van der Waals surface area (Å²) in [7, 11) is 0. The van der Waals surface area contributed by atoms with Gasteiger partial charge in [0.05, 0.1) is 5.75 Å². The van der Waals surface area contributed by atoms with Crippen LogP contribution in [0.5, 0.6) is 0 Å². The molecule has 16 heavy (non-hydrogen) atoms. The van der Waals surface area contributed by atoms with Crippen LogP contribution >= 0.6 is 11.8 Å². The first-order valence-corrected chi connectivity index (χ1v) is 6.39. The number of nitrogens with zero attached hydrogens (tertiary/aromatic N) is 2. The summed E-state index contributed by atoms with van der Waals surface area (Å²) < 4.78 is 2.11. The van der Waals surface area contributed by atoms with Crippen LogP contribution in [0.2, 0.25) is 0 Å². The zero-order valence-corrected chi connectivity index (χ0v) is 10.3. The maximum atomic E-state index is 10.5. The van der Waals surface area contributed by atoms with Gasteiger partial charge in [-0.1, -0.05) is 11.8 Å². The van der Waals surface area contributed by atoms with E-state index in [1.165, 1.54) is 24.6 Å². The first-order chi connectivity index (χ1) is 7.51. The van der Waals surface area contributed by atoms with Gasteiger partial charge in [-0.25, -0.2) is 4.98 Å². The standard InChI is InChI=1S/C11H16N2O2S/c1-11(2,8-3-4-8)13-6-5-12-10(13)16-7-9(14)15/h5-6,8H,3-4,7H2,1-2H3,(H,14,15). The van der Waals surface area contributed by atoms with Gasteiger partial charge in [0.2, 0.25) is 0 Å². The smallest absolute Gasteiger partial charge is 0.313 e. The minimum absolute atomic E-state index is 0.0529. The third-order valence-electron chi connectivity index (χ3n) is 3.13. The van der Waals surface area contributed by atoms with Gasteiger partial charge in [-0.05, 0) is 32.6 Å². The lowest BCUT2D eigenvalue weighted by Crippen LogP contribution is -2.28. The van der Waals surface area contributed by atoms with Gasteiger partial charge in [-0.3, -0.25) is 4.79 Å². The van der Waals surface area contributed by atoms with Gasteiger partial charge in [-0.2, -0.15) is 0 Å². The lowest BCUT2D eigenvalue weighted by Gasteiger charge is -2.28. The molecule has 1 aliphatic carbocycles. The summed E-state index contributed by atoms with van der Waals surface area (Å²) in [5, 5.41) is 9.47. The Hall–Kier alpha value is -0.970. The number of hydrogen-bond donors (Lipinski definition) is 1. The molecule has 2 rings (SSSR count). The van der Waals surface area contributed by atoms with Crippen molar-refractivity contribution < 1.29 is 9.90 Å². The fraction of sp³-hybridized carbons (Fsp3) is 0.636. The molecule has 1 fully saturated rings. The third-order valence-corrected chi connectivity index (χ3v) is 4.08. The van der Waals surface area contributed by atoms with Crippen LogP contribution < -0.4 is 0 Å². The Morgan fingerprint density at radius 1 is 1.69 bits per heavy atom. The quantitative estimate of drug-likeness (QED) is 0.802. The molecule has 0 unspecified atom stereocenters. The summed E-state index contributed by atoms with van der Waals surface area (Å²) in [5.74, 6) is -0.0349. The van der Waals surface area contributed by atoms with E-state index in [1.807, 2.05) is 6.20 Å². The largest absolute Gasteiger partial charge is 0.481 e. The van der Waals surface area contributed by atoms with Gasteiger partial charge >= 0.3 is 5.97 Å². The van der Waals surface area contributed by atoms with E-state index in [0.29, 0.717) is 5.92 Å². The van der Waals surface area contributed by atoms with Crippen molar-refractivity contribution in [3.8, 4) is 0 Å². The van der Waals surface area contributed by atoms with E-state index in [-0.39, 0.29) is 11.3 Å². The van der Waals surface area contributed by atoms with Gasteiger partial charge in [0, 0.05) is 17.9 Å². The Kier molecular flexibility index (Phi) is 2.97. The molecule has 1 N–H and O–H groups in total. The molecule has 0 aromatic carbocycles. The Morgan fingerprint density at radius 3 is 2.94 bits per heavy atom. The average Bonchev–Trinajstić information content (AvgIpc) is 2.95. The van der Waals surface area contributed by atoms with Gasteiger partial charge in [-0.15, -0.1) is 0 Å². The summed E-state index contributed by atoms with van der Waals surface area (Å²) in [4.78, 5) is 14.8. The second-order valence-corrected chi connectivity index (χ2v) is 5.63. The predicted octanol–water partition coefficient (Wildman–Crippen LogP) is 2.20. The highest BCUT2D eigenvalue weighted by Gasteiger charge is 2.40. The van der Waals surface area contributed by atoms with Crippen molar-refractivity contribution in [1.82, 2.24) is 9.55 Å². The van der Waals surface area contributed by atoms with Crippen LogP contribution in [0.4, 0.5) is 0 Å². The highest BCUT2D eigenvalue weighted by Crippen LogP contribution is 2.45. The van der Waals surface area contributed by atoms with Crippen LogP contribution in [0.15, 0.2) is 17.6 Å². The van der Waals surface area contributed by atoms with Crippen molar-refractivity contribution in [2.75, 3.05) is 5.75 Å². The van der Waals surface area contributed by atoms with E-state index in [0.717, 1.165) is 5.16 Å². The number of imidazole rings is 1. The van der Waals surface area contributed by atoms with Crippen molar-refractivity contribution in [1.29, 1.82) is 0 Å². The molecule has 0 aliphatic heterocycles. The number of carboxylic acid groups (broad SMARTS) is 1. The molecule has 0 amide bonds. The number of hydrogen-bond acceptors (Lipinski definition) is 3. The first-order valence-electron chi connectivity index (χ1n) is 5.40. The number of aliphatic carboxylic acids is 1. The fourth-order valence-corrected chi connectivity index (χ4v) is 2.77. The Labute approximate surface area is 99.1 Å². The number of carboxylic acids is 1. The summed E-state index contributed by atoms with van der Waals surface area (Å²) in [6.45, 7) is 4.38. The first kappa shape index (κ1) is 11.5.